The van der Waals surface area contributed by atoms with Crippen molar-refractivity contribution < 1.29 is 24.8 Å². The molecule has 5 nitrogen and oxygen atoms in total. The molecule has 0 spiro atoms. The molecule has 0 aliphatic heterocycles. The summed E-state index contributed by atoms with van der Waals surface area (Å²) in [6.45, 7) is 27.3. The summed E-state index contributed by atoms with van der Waals surface area (Å²) >= 11 is 0. The summed E-state index contributed by atoms with van der Waals surface area (Å²) in [6, 6.07) is 14.6. The molecule has 0 heterocycles. The number of phenols is 3. The minimum Gasteiger partial charge on any atom is -0.508 e. The molecule has 42 heavy (non-hydrogen) atoms. The molecule has 0 bridgehead atoms. The number of rotatable bonds is 2. The van der Waals surface area contributed by atoms with Crippen molar-refractivity contribution >= 4 is 0 Å². The zero-order valence-corrected chi connectivity index (χ0v) is 28.8. The van der Waals surface area contributed by atoms with Gasteiger partial charge in [0.15, 0.2) is 0 Å². The largest absolute Gasteiger partial charge is 0.508 e. The Labute approximate surface area is 255 Å². The lowest BCUT2D eigenvalue weighted by Gasteiger charge is -2.27. The van der Waals surface area contributed by atoms with E-state index in [1.807, 2.05) is 6.07 Å². The van der Waals surface area contributed by atoms with Crippen LogP contribution >= 0.6 is 0 Å². The number of hydrogen-bond acceptors (Lipinski definition) is 5. The lowest BCUT2D eigenvalue weighted by atomic mass is 9.78. The van der Waals surface area contributed by atoms with Crippen LogP contribution in [0.5, 0.6) is 28.7 Å². The Kier molecular flexibility index (Phi) is 12.0. The maximum atomic E-state index is 10.4. The molecular weight excluding hydrogens is 524 g/mol. The predicted molar refractivity (Wildman–Crippen MR) is 177 cm³/mol. The van der Waals surface area contributed by atoms with Crippen molar-refractivity contribution in [2.24, 2.45) is 0 Å². The monoisotopic (exact) mass is 580 g/mol. The average molecular weight is 581 g/mol. The van der Waals surface area contributed by atoms with E-state index in [1.165, 1.54) is 5.56 Å². The van der Waals surface area contributed by atoms with E-state index in [0.717, 1.165) is 33.8 Å². The van der Waals surface area contributed by atoms with Crippen LogP contribution in [0.1, 0.15) is 111 Å². The van der Waals surface area contributed by atoms with Crippen molar-refractivity contribution in [1.29, 1.82) is 0 Å². The number of phenolic OH excluding ortho intramolecular Hbond substituents is 3. The van der Waals surface area contributed by atoms with Gasteiger partial charge in [0.25, 0.3) is 0 Å². The first kappa shape index (κ1) is 36.7. The highest BCUT2D eigenvalue weighted by Gasteiger charge is 2.26. The number of ether oxygens (including phenoxy) is 2. The summed E-state index contributed by atoms with van der Waals surface area (Å²) in [7, 11) is 3.26. The van der Waals surface area contributed by atoms with E-state index < -0.39 is 0 Å². The van der Waals surface area contributed by atoms with Gasteiger partial charge in [0.05, 0.1) is 14.2 Å². The second kappa shape index (κ2) is 13.8. The van der Waals surface area contributed by atoms with Gasteiger partial charge in [0, 0.05) is 11.1 Å². The molecule has 0 atom stereocenters. The number of benzene rings is 3. The molecule has 0 aliphatic rings. The van der Waals surface area contributed by atoms with Crippen LogP contribution < -0.4 is 9.47 Å². The van der Waals surface area contributed by atoms with Crippen molar-refractivity contribution in [3.63, 3.8) is 0 Å². The number of aromatic hydroxyl groups is 3. The van der Waals surface area contributed by atoms with E-state index in [9.17, 15) is 15.3 Å². The Morgan fingerprint density at radius 2 is 0.952 bits per heavy atom. The Hall–Kier alpha value is -3.34. The van der Waals surface area contributed by atoms with Crippen molar-refractivity contribution in [1.82, 2.24) is 0 Å². The normalized spacial score (nSPS) is 12.0. The molecule has 0 fully saturated rings. The Balaban J connectivity index is 0.000000318. The van der Waals surface area contributed by atoms with Crippen LogP contribution in [0, 0.1) is 6.92 Å². The molecule has 0 amide bonds. The number of hydrogen-bond donors (Lipinski definition) is 3. The van der Waals surface area contributed by atoms with Crippen LogP contribution in [0.3, 0.4) is 0 Å². The van der Waals surface area contributed by atoms with Gasteiger partial charge in [-0.25, -0.2) is 0 Å². The van der Waals surface area contributed by atoms with Gasteiger partial charge < -0.3 is 24.8 Å². The fourth-order valence-corrected chi connectivity index (χ4v) is 4.45. The summed E-state index contributed by atoms with van der Waals surface area (Å²) in [5.74, 6) is 2.68. The van der Waals surface area contributed by atoms with Crippen molar-refractivity contribution in [2.45, 2.75) is 112 Å². The lowest BCUT2D eigenvalue weighted by Crippen LogP contribution is -2.17. The molecule has 3 rings (SSSR count). The highest BCUT2D eigenvalue weighted by atomic mass is 16.5. The molecule has 0 unspecified atom stereocenters. The predicted octanol–water partition coefficient (Wildman–Crippen LogP) is 9.69. The smallest absolute Gasteiger partial charge is 0.123 e. The third-order valence-corrected chi connectivity index (χ3v) is 6.87. The second-order valence-corrected chi connectivity index (χ2v) is 15.0. The van der Waals surface area contributed by atoms with Crippen LogP contribution in [0.15, 0.2) is 48.5 Å². The van der Waals surface area contributed by atoms with Crippen LogP contribution in [-0.2, 0) is 21.7 Å². The van der Waals surface area contributed by atoms with E-state index in [2.05, 4.69) is 102 Å². The van der Waals surface area contributed by atoms with Crippen LogP contribution in [-0.4, -0.2) is 29.5 Å². The Bertz CT molecular complexity index is 1270. The van der Waals surface area contributed by atoms with Gasteiger partial charge in [-0.05, 0) is 76.1 Å². The first-order valence-electron chi connectivity index (χ1n) is 14.5. The molecule has 0 aliphatic carbocycles. The topological polar surface area (TPSA) is 79.2 Å². The first-order valence-corrected chi connectivity index (χ1v) is 14.5. The first-order chi connectivity index (χ1) is 18.9. The molecule has 0 aromatic heterocycles. The van der Waals surface area contributed by atoms with E-state index in [0.29, 0.717) is 11.5 Å². The molecule has 3 N–H and O–H groups in total. The molecule has 5 heteroatoms. The zero-order valence-electron chi connectivity index (χ0n) is 28.8. The zero-order chi connectivity index (χ0) is 32.8. The molecule has 0 saturated heterocycles. The van der Waals surface area contributed by atoms with Crippen molar-refractivity contribution in [3.8, 4) is 28.7 Å². The van der Waals surface area contributed by atoms with Gasteiger partial charge in [-0.1, -0.05) is 101 Å². The van der Waals surface area contributed by atoms with Crippen LogP contribution in [0.4, 0.5) is 0 Å². The van der Waals surface area contributed by atoms with Gasteiger partial charge in [0.2, 0.25) is 0 Å². The van der Waals surface area contributed by atoms with Crippen LogP contribution in [0.2, 0.25) is 0 Å². The van der Waals surface area contributed by atoms with Gasteiger partial charge in [0.1, 0.15) is 28.7 Å². The highest BCUT2D eigenvalue weighted by molar-refractivity contribution is 5.49. The third-order valence-electron chi connectivity index (χ3n) is 6.87. The Morgan fingerprint density at radius 1 is 0.500 bits per heavy atom. The maximum Gasteiger partial charge on any atom is 0.123 e. The minimum atomic E-state index is -0.0569. The summed E-state index contributed by atoms with van der Waals surface area (Å²) < 4.78 is 10.3. The van der Waals surface area contributed by atoms with Gasteiger partial charge >= 0.3 is 0 Å². The van der Waals surface area contributed by atoms with Gasteiger partial charge in [-0.2, -0.15) is 0 Å². The maximum absolute atomic E-state index is 10.4. The van der Waals surface area contributed by atoms with E-state index >= 15 is 0 Å². The SMILES string of the molecule is COc1ccc(O)c(C(C)(C)C)c1.COc1ccc(O)cc1C(C)(C)C.Cc1cc(C(C)(C)C)c(O)c(C(C)(C)C)c1. The fourth-order valence-electron chi connectivity index (χ4n) is 4.45. The summed E-state index contributed by atoms with van der Waals surface area (Å²) in [5, 5.41) is 29.3. The lowest BCUT2D eigenvalue weighted by molar-refractivity contribution is 0.394. The summed E-state index contributed by atoms with van der Waals surface area (Å²) in [6.07, 6.45) is 0. The van der Waals surface area contributed by atoms with Gasteiger partial charge in [-0.15, -0.1) is 0 Å². The quantitative estimate of drug-likeness (QED) is 0.281. The number of aryl methyl sites for hydroxylation is 1. The minimum absolute atomic E-state index is 0.00984. The summed E-state index contributed by atoms with van der Waals surface area (Å²) in [5.41, 5.74) is 5.12. The van der Waals surface area contributed by atoms with Gasteiger partial charge in [-0.3, -0.25) is 0 Å². The molecule has 234 valence electrons. The molecular formula is C37H56O5. The highest BCUT2D eigenvalue weighted by Crippen LogP contribution is 2.39. The molecule has 0 radical (unpaired) electrons. The van der Waals surface area contributed by atoms with E-state index in [-0.39, 0.29) is 27.4 Å². The van der Waals surface area contributed by atoms with Crippen LogP contribution in [0.25, 0.3) is 0 Å². The second-order valence-electron chi connectivity index (χ2n) is 15.0. The standard InChI is InChI=1S/C15H24O.2C11H16O2/c1-10-8-11(14(2,3)4)13(16)12(9-10)15(5,6)7;1-11(2,3)9-7-8(13-4)5-6-10(9)12;1-11(2,3)9-7-8(12)5-6-10(9)13-4/h8-9,16H,1-7H3;2*5-7,12H,1-4H3. The fraction of sp³-hybridized carbons (Fsp3) is 0.514. The summed E-state index contributed by atoms with van der Waals surface area (Å²) in [4.78, 5) is 0. The number of methoxy groups -OCH3 is 2. The molecule has 3 aromatic carbocycles. The van der Waals surface area contributed by atoms with E-state index in [4.69, 9.17) is 9.47 Å². The Morgan fingerprint density at radius 3 is 1.33 bits per heavy atom. The third kappa shape index (κ3) is 10.5. The van der Waals surface area contributed by atoms with Crippen molar-refractivity contribution in [3.05, 3.63) is 76.3 Å². The molecule has 0 saturated carbocycles. The molecule has 3 aromatic rings. The van der Waals surface area contributed by atoms with E-state index in [1.54, 1.807) is 44.6 Å². The average Bonchev–Trinajstić information content (AvgIpc) is 2.84. The van der Waals surface area contributed by atoms with Crippen molar-refractivity contribution in [2.75, 3.05) is 14.2 Å².